The monoisotopic (exact) mass is 259 g/mol. The van der Waals surface area contributed by atoms with E-state index in [1.807, 2.05) is 6.07 Å². The lowest BCUT2D eigenvalue weighted by Crippen LogP contribution is -2.07. The van der Waals surface area contributed by atoms with Crippen molar-refractivity contribution in [2.24, 2.45) is 0 Å². The summed E-state index contributed by atoms with van der Waals surface area (Å²) >= 11 is 0. The molecule has 0 aliphatic heterocycles. The molecule has 0 radical (unpaired) electrons. The number of hydrogen-bond acceptors (Lipinski definition) is 5. The zero-order valence-corrected chi connectivity index (χ0v) is 10.1. The molecule has 1 heterocycles. The molecule has 0 atom stereocenters. The number of pyridine rings is 1. The second-order valence-electron chi connectivity index (χ2n) is 3.84. The number of hydrogen-bond donors (Lipinski definition) is 2. The molecule has 0 unspecified atom stereocenters. The minimum atomic E-state index is -0.453. The summed E-state index contributed by atoms with van der Waals surface area (Å²) in [6.07, 6.45) is 0. The summed E-state index contributed by atoms with van der Waals surface area (Å²) in [5.41, 5.74) is 0.955. The van der Waals surface area contributed by atoms with Gasteiger partial charge in [-0.25, -0.2) is 4.98 Å². The Labute approximate surface area is 109 Å². The topological polar surface area (TPSA) is 88.3 Å². The predicted molar refractivity (Wildman–Crippen MR) is 71.9 cm³/mol. The molecule has 0 saturated carbocycles. The van der Waals surface area contributed by atoms with Crippen molar-refractivity contribution in [2.45, 2.75) is 0 Å². The van der Waals surface area contributed by atoms with Crippen LogP contribution in [-0.4, -0.2) is 28.2 Å². The van der Waals surface area contributed by atoms with Crippen LogP contribution in [0.4, 0.5) is 11.5 Å². The number of anilines is 1. The molecule has 1 aromatic carbocycles. The molecule has 0 saturated heterocycles. The summed E-state index contributed by atoms with van der Waals surface area (Å²) in [4.78, 5) is 14.8. The fourth-order valence-corrected chi connectivity index (χ4v) is 1.69. The Hall–Kier alpha value is -2.47. The van der Waals surface area contributed by atoms with Crippen LogP contribution >= 0.6 is 0 Å². The highest BCUT2D eigenvalue weighted by Gasteiger charge is 2.17. The van der Waals surface area contributed by atoms with Crippen molar-refractivity contribution in [3.63, 3.8) is 0 Å². The molecule has 19 heavy (non-hydrogen) atoms. The lowest BCUT2D eigenvalue weighted by atomic mass is 10.1. The van der Waals surface area contributed by atoms with Crippen LogP contribution in [0.5, 0.6) is 0 Å². The first-order chi connectivity index (χ1) is 9.22. The van der Waals surface area contributed by atoms with Crippen molar-refractivity contribution in [1.82, 2.24) is 4.98 Å². The van der Waals surface area contributed by atoms with Gasteiger partial charge in [-0.05, 0) is 6.07 Å². The van der Waals surface area contributed by atoms with E-state index >= 15 is 0 Å². The van der Waals surface area contributed by atoms with E-state index in [0.717, 1.165) is 0 Å². The molecule has 2 N–H and O–H groups in total. The van der Waals surface area contributed by atoms with Crippen LogP contribution in [0.25, 0.3) is 11.3 Å². The maximum atomic E-state index is 11.0. The summed E-state index contributed by atoms with van der Waals surface area (Å²) in [5, 5.41) is 22.7. The van der Waals surface area contributed by atoms with Crippen LogP contribution in [0.3, 0.4) is 0 Å². The number of nitrogens with zero attached hydrogens (tertiary/aromatic N) is 2. The zero-order chi connectivity index (χ0) is 13.7. The lowest BCUT2D eigenvalue weighted by molar-refractivity contribution is -0.384. The summed E-state index contributed by atoms with van der Waals surface area (Å²) in [6, 6.07) is 11.9. The van der Waals surface area contributed by atoms with E-state index in [1.165, 1.54) is 12.1 Å². The first-order valence-corrected chi connectivity index (χ1v) is 5.78. The van der Waals surface area contributed by atoms with Crippen molar-refractivity contribution in [3.05, 3.63) is 52.6 Å². The molecule has 6 nitrogen and oxygen atoms in total. The summed E-state index contributed by atoms with van der Waals surface area (Å²) < 4.78 is 0. The Bertz CT molecular complexity index is 573. The molecule has 98 valence electrons. The molecule has 0 spiro atoms. The smallest absolute Gasteiger partial charge is 0.295 e. The van der Waals surface area contributed by atoms with Gasteiger partial charge in [0.05, 0.1) is 11.5 Å². The maximum absolute atomic E-state index is 11.0. The average molecular weight is 259 g/mol. The van der Waals surface area contributed by atoms with Gasteiger partial charge < -0.3 is 10.4 Å². The van der Waals surface area contributed by atoms with Crippen molar-refractivity contribution in [1.29, 1.82) is 0 Å². The van der Waals surface area contributed by atoms with E-state index in [4.69, 9.17) is 5.11 Å². The molecule has 2 rings (SSSR count). The van der Waals surface area contributed by atoms with Crippen molar-refractivity contribution >= 4 is 11.5 Å². The number of nitrogens with one attached hydrogen (secondary N) is 1. The van der Waals surface area contributed by atoms with Crippen molar-refractivity contribution in [2.75, 3.05) is 18.5 Å². The van der Waals surface area contributed by atoms with E-state index in [2.05, 4.69) is 10.3 Å². The molecular formula is C13H13N3O3. The molecule has 0 aliphatic rings. The molecular weight excluding hydrogens is 246 g/mol. The predicted octanol–water partition coefficient (Wildman–Crippen LogP) is 2.06. The SMILES string of the molecule is O=[N+]([O-])c1ccc(NCCO)nc1-c1ccccc1. The van der Waals surface area contributed by atoms with E-state index in [1.54, 1.807) is 24.3 Å². The second kappa shape index (κ2) is 5.92. The van der Waals surface area contributed by atoms with Gasteiger partial charge in [0.15, 0.2) is 5.69 Å². The highest BCUT2D eigenvalue weighted by Crippen LogP contribution is 2.28. The molecule has 0 amide bonds. The van der Waals surface area contributed by atoms with E-state index < -0.39 is 4.92 Å². The van der Waals surface area contributed by atoms with Gasteiger partial charge in [-0.1, -0.05) is 30.3 Å². The van der Waals surface area contributed by atoms with Crippen LogP contribution in [0.1, 0.15) is 0 Å². The first-order valence-electron chi connectivity index (χ1n) is 5.78. The molecule has 2 aromatic rings. The Morgan fingerprint density at radius 2 is 1.95 bits per heavy atom. The standard InChI is InChI=1S/C13H13N3O3/c17-9-8-14-12-7-6-11(16(18)19)13(15-12)10-4-2-1-3-5-10/h1-7,17H,8-9H2,(H,14,15). The van der Waals surface area contributed by atoms with Gasteiger partial charge in [-0.3, -0.25) is 10.1 Å². The zero-order valence-electron chi connectivity index (χ0n) is 10.1. The molecule has 6 heteroatoms. The Morgan fingerprint density at radius 1 is 1.21 bits per heavy atom. The van der Waals surface area contributed by atoms with E-state index in [9.17, 15) is 10.1 Å². The maximum Gasteiger partial charge on any atom is 0.295 e. The van der Waals surface area contributed by atoms with Crippen LogP contribution < -0.4 is 5.32 Å². The molecule has 0 fully saturated rings. The normalized spacial score (nSPS) is 10.2. The summed E-state index contributed by atoms with van der Waals surface area (Å²) in [7, 11) is 0. The third-order valence-electron chi connectivity index (χ3n) is 2.54. The number of nitro groups is 1. The van der Waals surface area contributed by atoms with Crippen LogP contribution in [-0.2, 0) is 0 Å². The third kappa shape index (κ3) is 3.05. The molecule has 0 aliphatic carbocycles. The van der Waals surface area contributed by atoms with Crippen molar-refractivity contribution in [3.8, 4) is 11.3 Å². The highest BCUT2D eigenvalue weighted by atomic mass is 16.6. The van der Waals surface area contributed by atoms with E-state index in [-0.39, 0.29) is 12.3 Å². The highest BCUT2D eigenvalue weighted by molar-refractivity contribution is 5.71. The number of aliphatic hydroxyl groups excluding tert-OH is 1. The first kappa shape index (κ1) is 13.0. The quantitative estimate of drug-likeness (QED) is 0.633. The Kier molecular flexibility index (Phi) is 4.04. The van der Waals surface area contributed by atoms with Crippen LogP contribution in [0, 0.1) is 10.1 Å². The number of benzene rings is 1. The lowest BCUT2D eigenvalue weighted by Gasteiger charge is -2.07. The van der Waals surface area contributed by atoms with Crippen LogP contribution in [0.2, 0.25) is 0 Å². The number of aliphatic hydroxyl groups is 1. The minimum Gasteiger partial charge on any atom is -0.395 e. The average Bonchev–Trinajstić information content (AvgIpc) is 2.45. The second-order valence-corrected chi connectivity index (χ2v) is 3.84. The third-order valence-corrected chi connectivity index (χ3v) is 2.54. The fourth-order valence-electron chi connectivity index (χ4n) is 1.69. The van der Waals surface area contributed by atoms with Crippen molar-refractivity contribution < 1.29 is 10.0 Å². The minimum absolute atomic E-state index is 0.0284. The van der Waals surface area contributed by atoms with E-state index in [0.29, 0.717) is 23.6 Å². The summed E-state index contributed by atoms with van der Waals surface area (Å²) in [5.74, 6) is 0.499. The van der Waals surface area contributed by atoms with Gasteiger partial charge in [0.2, 0.25) is 0 Å². The molecule has 1 aromatic heterocycles. The molecule has 0 bridgehead atoms. The fraction of sp³-hybridized carbons (Fsp3) is 0.154. The largest absolute Gasteiger partial charge is 0.395 e. The van der Waals surface area contributed by atoms with Gasteiger partial charge in [-0.2, -0.15) is 0 Å². The Morgan fingerprint density at radius 3 is 2.58 bits per heavy atom. The Balaban J connectivity index is 2.45. The van der Waals surface area contributed by atoms with Gasteiger partial charge >= 0.3 is 0 Å². The van der Waals surface area contributed by atoms with Crippen LogP contribution in [0.15, 0.2) is 42.5 Å². The van der Waals surface area contributed by atoms with Gasteiger partial charge in [-0.15, -0.1) is 0 Å². The summed E-state index contributed by atoms with van der Waals surface area (Å²) in [6.45, 7) is 0.318. The van der Waals surface area contributed by atoms with Gasteiger partial charge in [0, 0.05) is 18.2 Å². The number of aromatic nitrogens is 1. The van der Waals surface area contributed by atoms with Gasteiger partial charge in [0.1, 0.15) is 5.82 Å². The van der Waals surface area contributed by atoms with Gasteiger partial charge in [0.25, 0.3) is 5.69 Å². The number of rotatable bonds is 5.